The number of carbonyl (C=O) groups is 1. The third kappa shape index (κ3) is 2.47. The number of amides is 1. The molecule has 0 bridgehead atoms. The quantitative estimate of drug-likeness (QED) is 0.878. The highest BCUT2D eigenvalue weighted by Gasteiger charge is 2.21. The Bertz CT molecular complexity index is 385. The molecule has 0 unspecified atom stereocenters. The van der Waals surface area contributed by atoms with Crippen molar-refractivity contribution in [1.29, 1.82) is 0 Å². The van der Waals surface area contributed by atoms with Gasteiger partial charge in [0.1, 0.15) is 5.69 Å². The van der Waals surface area contributed by atoms with E-state index in [1.54, 1.807) is 0 Å². The summed E-state index contributed by atoms with van der Waals surface area (Å²) >= 11 is 3.41. The molecule has 0 aliphatic carbocycles. The lowest BCUT2D eigenvalue weighted by molar-refractivity contribution is 0.0914. The van der Waals surface area contributed by atoms with Gasteiger partial charge in [0.2, 0.25) is 0 Å². The van der Waals surface area contributed by atoms with Gasteiger partial charge in [0.25, 0.3) is 5.91 Å². The molecule has 2 rings (SSSR count). The van der Waals surface area contributed by atoms with Crippen molar-refractivity contribution in [3.05, 3.63) is 22.4 Å². The van der Waals surface area contributed by atoms with Crippen molar-refractivity contribution in [3.8, 4) is 0 Å². The molecule has 0 aromatic carbocycles. The van der Waals surface area contributed by atoms with E-state index < -0.39 is 0 Å². The van der Waals surface area contributed by atoms with Gasteiger partial charge in [-0.25, -0.2) is 0 Å². The highest BCUT2D eigenvalue weighted by Crippen LogP contribution is 2.15. The van der Waals surface area contributed by atoms with Crippen LogP contribution in [0.4, 0.5) is 0 Å². The summed E-state index contributed by atoms with van der Waals surface area (Å²) in [6.45, 7) is 4.73. The van der Waals surface area contributed by atoms with E-state index in [9.17, 15) is 4.79 Å². The van der Waals surface area contributed by atoms with Gasteiger partial charge in [0.05, 0.1) is 6.04 Å². The summed E-state index contributed by atoms with van der Waals surface area (Å²) in [4.78, 5) is 12.0. The number of nitrogens with zero attached hydrogens (tertiary/aromatic N) is 1. The smallest absolute Gasteiger partial charge is 0.268 e. The average Bonchev–Trinajstić information content (AvgIpc) is 2.54. The first kappa shape index (κ1) is 11.7. The predicted molar refractivity (Wildman–Crippen MR) is 66.5 cm³/mol. The zero-order chi connectivity index (χ0) is 11.5. The van der Waals surface area contributed by atoms with Crippen molar-refractivity contribution < 1.29 is 4.79 Å². The lowest BCUT2D eigenvalue weighted by atomic mass is 10.2. The molecule has 2 heterocycles. The van der Waals surface area contributed by atoms with Gasteiger partial charge in [-0.1, -0.05) is 6.92 Å². The third-order valence-electron chi connectivity index (χ3n) is 2.68. The van der Waals surface area contributed by atoms with Crippen molar-refractivity contribution >= 4 is 21.8 Å². The predicted octanol–water partition coefficient (Wildman–Crippen LogP) is 1.36. The van der Waals surface area contributed by atoms with Crippen LogP contribution in [0.3, 0.4) is 0 Å². The van der Waals surface area contributed by atoms with Gasteiger partial charge in [0, 0.05) is 30.3 Å². The van der Waals surface area contributed by atoms with Gasteiger partial charge in [0.15, 0.2) is 0 Å². The molecule has 2 N–H and O–H groups in total. The third-order valence-corrected chi connectivity index (χ3v) is 3.11. The molecule has 1 aromatic heterocycles. The van der Waals surface area contributed by atoms with E-state index in [2.05, 4.69) is 33.5 Å². The molecule has 0 radical (unpaired) electrons. The number of hydrogen-bond donors (Lipinski definition) is 2. The van der Waals surface area contributed by atoms with Crippen molar-refractivity contribution in [3.63, 3.8) is 0 Å². The summed E-state index contributed by atoms with van der Waals surface area (Å²) in [5.74, 6) is 0.0191. The standard InChI is InChI=1S/C11H16BrN3O/c1-2-3-15-7-8(12)4-10(15)11(16)14-9-5-13-6-9/h4,7,9,13H,2-3,5-6H2,1H3,(H,14,16). The fourth-order valence-electron chi connectivity index (χ4n) is 1.74. The molecule has 4 nitrogen and oxygen atoms in total. The van der Waals surface area contributed by atoms with E-state index in [1.807, 2.05) is 16.8 Å². The molecule has 1 amide bonds. The van der Waals surface area contributed by atoms with E-state index >= 15 is 0 Å². The summed E-state index contributed by atoms with van der Waals surface area (Å²) in [6, 6.07) is 2.16. The number of nitrogens with one attached hydrogen (secondary N) is 2. The fraction of sp³-hybridized carbons (Fsp3) is 0.545. The highest BCUT2D eigenvalue weighted by atomic mass is 79.9. The van der Waals surface area contributed by atoms with Crippen LogP contribution in [-0.4, -0.2) is 29.6 Å². The minimum atomic E-state index is 0.0191. The molecule has 1 aliphatic heterocycles. The Kier molecular flexibility index (Phi) is 3.66. The molecule has 5 heteroatoms. The van der Waals surface area contributed by atoms with E-state index in [1.165, 1.54) is 0 Å². The average molecular weight is 286 g/mol. The van der Waals surface area contributed by atoms with Gasteiger partial charge < -0.3 is 15.2 Å². The van der Waals surface area contributed by atoms with E-state index in [0.29, 0.717) is 0 Å². The number of halogens is 1. The van der Waals surface area contributed by atoms with Crippen LogP contribution >= 0.6 is 15.9 Å². The van der Waals surface area contributed by atoms with Gasteiger partial charge >= 0.3 is 0 Å². The summed E-state index contributed by atoms with van der Waals surface area (Å²) in [7, 11) is 0. The van der Waals surface area contributed by atoms with Gasteiger partial charge in [-0.05, 0) is 28.4 Å². The lowest BCUT2D eigenvalue weighted by Gasteiger charge is -2.28. The van der Waals surface area contributed by atoms with Gasteiger partial charge in [-0.15, -0.1) is 0 Å². The first-order valence-electron chi connectivity index (χ1n) is 5.58. The number of rotatable bonds is 4. The Morgan fingerprint density at radius 2 is 2.44 bits per heavy atom. The van der Waals surface area contributed by atoms with Gasteiger partial charge in [-0.2, -0.15) is 0 Å². The Morgan fingerprint density at radius 1 is 1.69 bits per heavy atom. The topological polar surface area (TPSA) is 46.1 Å². The molecular formula is C11H16BrN3O. The number of carbonyl (C=O) groups excluding carboxylic acids is 1. The van der Waals surface area contributed by atoms with Crippen LogP contribution in [0.5, 0.6) is 0 Å². The van der Waals surface area contributed by atoms with Crippen LogP contribution in [0.2, 0.25) is 0 Å². The zero-order valence-electron chi connectivity index (χ0n) is 9.29. The van der Waals surface area contributed by atoms with Crippen LogP contribution in [0.1, 0.15) is 23.8 Å². The Labute approximate surface area is 104 Å². The van der Waals surface area contributed by atoms with Crippen molar-refractivity contribution in [2.45, 2.75) is 25.9 Å². The Balaban J connectivity index is 2.07. The molecular weight excluding hydrogens is 270 g/mol. The van der Waals surface area contributed by atoms with Crippen LogP contribution in [0.15, 0.2) is 16.7 Å². The number of hydrogen-bond acceptors (Lipinski definition) is 2. The summed E-state index contributed by atoms with van der Waals surface area (Å²) in [5.41, 5.74) is 0.737. The first-order chi connectivity index (χ1) is 7.70. The SMILES string of the molecule is CCCn1cc(Br)cc1C(=O)NC1CNC1. The molecule has 16 heavy (non-hydrogen) atoms. The molecule has 88 valence electrons. The summed E-state index contributed by atoms with van der Waals surface area (Å²) in [5, 5.41) is 6.13. The van der Waals surface area contributed by atoms with Crippen LogP contribution in [0, 0.1) is 0 Å². The van der Waals surface area contributed by atoms with Crippen LogP contribution in [-0.2, 0) is 6.54 Å². The lowest BCUT2D eigenvalue weighted by Crippen LogP contribution is -2.57. The highest BCUT2D eigenvalue weighted by molar-refractivity contribution is 9.10. The maximum Gasteiger partial charge on any atom is 0.268 e. The molecule has 1 aliphatic rings. The molecule has 1 saturated heterocycles. The second-order valence-corrected chi connectivity index (χ2v) is 4.98. The Morgan fingerprint density at radius 3 is 3.00 bits per heavy atom. The zero-order valence-corrected chi connectivity index (χ0v) is 10.9. The summed E-state index contributed by atoms with van der Waals surface area (Å²) in [6.07, 6.45) is 2.98. The van der Waals surface area contributed by atoms with E-state index in [0.717, 1.165) is 36.2 Å². The van der Waals surface area contributed by atoms with Crippen LogP contribution < -0.4 is 10.6 Å². The Hall–Kier alpha value is -0.810. The first-order valence-corrected chi connectivity index (χ1v) is 6.37. The van der Waals surface area contributed by atoms with E-state index in [4.69, 9.17) is 0 Å². The number of aromatic nitrogens is 1. The maximum atomic E-state index is 12.0. The molecule has 1 aromatic rings. The van der Waals surface area contributed by atoms with Crippen LogP contribution in [0.25, 0.3) is 0 Å². The normalized spacial score (nSPS) is 15.9. The fourth-order valence-corrected chi connectivity index (χ4v) is 2.21. The largest absolute Gasteiger partial charge is 0.345 e. The minimum absolute atomic E-state index is 0.0191. The van der Waals surface area contributed by atoms with Crippen molar-refractivity contribution in [1.82, 2.24) is 15.2 Å². The maximum absolute atomic E-state index is 12.0. The number of aryl methyl sites for hydroxylation is 1. The summed E-state index contributed by atoms with van der Waals surface area (Å²) < 4.78 is 2.95. The second kappa shape index (κ2) is 5.01. The minimum Gasteiger partial charge on any atom is -0.345 e. The monoisotopic (exact) mass is 285 g/mol. The van der Waals surface area contributed by atoms with E-state index in [-0.39, 0.29) is 11.9 Å². The van der Waals surface area contributed by atoms with Crippen molar-refractivity contribution in [2.75, 3.05) is 13.1 Å². The molecule has 0 atom stereocenters. The second-order valence-electron chi connectivity index (χ2n) is 4.07. The molecule has 0 spiro atoms. The molecule has 0 saturated carbocycles. The molecule has 1 fully saturated rings. The van der Waals surface area contributed by atoms with Gasteiger partial charge in [-0.3, -0.25) is 4.79 Å². The van der Waals surface area contributed by atoms with Crippen molar-refractivity contribution in [2.24, 2.45) is 0 Å².